The fourth-order valence-electron chi connectivity index (χ4n) is 7.35. The van der Waals surface area contributed by atoms with Gasteiger partial charge in [0.2, 0.25) is 5.91 Å². The molecule has 4 aliphatic rings. The third kappa shape index (κ3) is 3.11. The van der Waals surface area contributed by atoms with Crippen LogP contribution in [0.3, 0.4) is 0 Å². The molecule has 0 saturated heterocycles. The molecule has 2 N–H and O–H groups in total. The van der Waals surface area contributed by atoms with Crippen LogP contribution in [-0.2, 0) is 4.79 Å². The van der Waals surface area contributed by atoms with Crippen molar-refractivity contribution >= 4 is 11.8 Å². The fourth-order valence-corrected chi connectivity index (χ4v) is 7.35. The minimum atomic E-state index is -0.349. The molecule has 0 spiro atoms. The molecule has 5 nitrogen and oxygen atoms in total. The Kier molecular flexibility index (Phi) is 4.38. The van der Waals surface area contributed by atoms with Crippen LogP contribution in [0.25, 0.3) is 0 Å². The van der Waals surface area contributed by atoms with Crippen LogP contribution in [0.15, 0.2) is 24.5 Å². The molecule has 5 rings (SSSR count). The van der Waals surface area contributed by atoms with Gasteiger partial charge in [0.1, 0.15) is 0 Å². The molecule has 26 heavy (non-hydrogen) atoms. The Balaban J connectivity index is 0.00000196. The summed E-state index contributed by atoms with van der Waals surface area (Å²) in [5.74, 6) is -0.318. The lowest BCUT2D eigenvalue weighted by Gasteiger charge is -2.68. The fraction of sp³-hybridized carbons (Fsp3) is 0.650. The second-order valence-corrected chi connectivity index (χ2v) is 9.92. The molecule has 4 bridgehead atoms. The lowest BCUT2D eigenvalue weighted by atomic mass is 9.36. The van der Waals surface area contributed by atoms with Gasteiger partial charge in [-0.1, -0.05) is 20.8 Å². The number of nitrogens with zero attached hydrogens (tertiary/aromatic N) is 1. The van der Waals surface area contributed by atoms with Crippen molar-refractivity contribution in [2.75, 3.05) is 0 Å². The minimum absolute atomic E-state index is 0. The maximum atomic E-state index is 13.1. The predicted octanol–water partition coefficient (Wildman–Crippen LogP) is 0.233. The molecule has 0 radical (unpaired) electrons. The number of rotatable bonds is 2. The summed E-state index contributed by atoms with van der Waals surface area (Å²) in [4.78, 5) is 29.2. The van der Waals surface area contributed by atoms with E-state index in [2.05, 4.69) is 36.6 Å². The van der Waals surface area contributed by atoms with Crippen LogP contribution in [0.1, 0.15) is 69.7 Å². The molecule has 0 atom stereocenters. The van der Waals surface area contributed by atoms with Gasteiger partial charge in [-0.05, 0) is 66.9 Å². The minimum Gasteiger partial charge on any atom is -1.00 e. The highest BCUT2D eigenvalue weighted by molar-refractivity contribution is 5.95. The van der Waals surface area contributed by atoms with Crippen LogP contribution in [0, 0.1) is 21.7 Å². The topological polar surface area (TPSA) is 71.1 Å². The number of hydrogen-bond acceptors (Lipinski definition) is 3. The summed E-state index contributed by atoms with van der Waals surface area (Å²) in [5.41, 5.74) is 6.19. The third-order valence-electron chi connectivity index (χ3n) is 6.57. The first-order valence-electron chi connectivity index (χ1n) is 9.16. The predicted molar refractivity (Wildman–Crippen MR) is 94.3 cm³/mol. The molecule has 1 aromatic heterocycles. The largest absolute Gasteiger partial charge is 1.00 e. The van der Waals surface area contributed by atoms with Gasteiger partial charge < -0.3 is 12.4 Å². The number of pyridine rings is 1. The maximum Gasteiger partial charge on any atom is 0.269 e. The zero-order chi connectivity index (χ0) is 17.9. The van der Waals surface area contributed by atoms with Gasteiger partial charge in [0.15, 0.2) is 0 Å². The number of aromatic nitrogens is 1. The number of nitrogens with one attached hydrogen (secondary N) is 2. The summed E-state index contributed by atoms with van der Waals surface area (Å²) in [5, 5.41) is 0. The number of hydrazine groups is 1. The van der Waals surface area contributed by atoms with E-state index in [1.807, 2.05) is 0 Å². The van der Waals surface area contributed by atoms with Crippen molar-refractivity contribution < 1.29 is 22.0 Å². The molecule has 4 fully saturated rings. The summed E-state index contributed by atoms with van der Waals surface area (Å²) in [7, 11) is 0. The molecule has 4 aliphatic carbocycles. The quantitative estimate of drug-likeness (QED) is 0.726. The molecule has 142 valence electrons. The highest BCUT2D eigenvalue weighted by atomic mass is 35.5. The molecule has 0 unspecified atom stereocenters. The third-order valence-corrected chi connectivity index (χ3v) is 6.57. The van der Waals surface area contributed by atoms with E-state index in [0.29, 0.717) is 5.56 Å². The smallest absolute Gasteiger partial charge is 0.269 e. The number of hydrogen-bond donors (Lipinski definition) is 2. The van der Waals surface area contributed by atoms with Crippen LogP contribution in [0.5, 0.6) is 0 Å². The second kappa shape index (κ2) is 5.95. The van der Waals surface area contributed by atoms with Crippen molar-refractivity contribution in [3.05, 3.63) is 30.1 Å². The summed E-state index contributed by atoms with van der Waals surface area (Å²) >= 11 is 0. The van der Waals surface area contributed by atoms with Crippen molar-refractivity contribution in [3.63, 3.8) is 0 Å². The first-order valence-corrected chi connectivity index (χ1v) is 9.16. The van der Waals surface area contributed by atoms with Gasteiger partial charge in [-0.25, -0.2) is 0 Å². The monoisotopic (exact) mass is 376 g/mol. The van der Waals surface area contributed by atoms with Crippen molar-refractivity contribution in [1.29, 1.82) is 0 Å². The molecule has 0 aromatic carbocycles. The van der Waals surface area contributed by atoms with E-state index in [9.17, 15) is 9.59 Å². The average Bonchev–Trinajstić information content (AvgIpc) is 2.48. The first-order chi connectivity index (χ1) is 11.7. The molecular weight excluding hydrogens is 350 g/mol. The van der Waals surface area contributed by atoms with E-state index in [1.165, 1.54) is 19.3 Å². The Labute approximate surface area is 161 Å². The molecule has 6 heteroatoms. The van der Waals surface area contributed by atoms with Gasteiger partial charge in [0.05, 0.1) is 5.41 Å². The van der Waals surface area contributed by atoms with Crippen molar-refractivity contribution in [2.45, 2.75) is 59.3 Å². The zero-order valence-electron chi connectivity index (χ0n) is 15.7. The normalized spacial score (nSPS) is 39.8. The summed E-state index contributed by atoms with van der Waals surface area (Å²) in [6.07, 6.45) is 9.58. The zero-order valence-corrected chi connectivity index (χ0v) is 16.4. The molecule has 1 aromatic rings. The number of carbonyl (C=O) groups is 2. The molecule has 2 amide bonds. The van der Waals surface area contributed by atoms with Gasteiger partial charge in [0, 0.05) is 18.0 Å². The molecule has 1 heterocycles. The average molecular weight is 377 g/mol. The van der Waals surface area contributed by atoms with Gasteiger partial charge in [-0.15, -0.1) is 0 Å². The van der Waals surface area contributed by atoms with Gasteiger partial charge in [0.25, 0.3) is 5.91 Å². The van der Waals surface area contributed by atoms with Crippen molar-refractivity contribution in [1.82, 2.24) is 15.8 Å². The van der Waals surface area contributed by atoms with Crippen LogP contribution in [0.2, 0.25) is 0 Å². The van der Waals surface area contributed by atoms with E-state index >= 15 is 0 Å². The Morgan fingerprint density at radius 2 is 1.31 bits per heavy atom. The van der Waals surface area contributed by atoms with E-state index in [-0.39, 0.29) is 45.9 Å². The summed E-state index contributed by atoms with van der Waals surface area (Å²) in [6.45, 7) is 7.04. The summed E-state index contributed by atoms with van der Waals surface area (Å²) in [6, 6.07) is 3.27. The van der Waals surface area contributed by atoms with Crippen LogP contribution in [-0.4, -0.2) is 16.8 Å². The van der Waals surface area contributed by atoms with E-state index in [1.54, 1.807) is 24.5 Å². The second-order valence-electron chi connectivity index (χ2n) is 9.92. The number of halogens is 1. The van der Waals surface area contributed by atoms with E-state index in [4.69, 9.17) is 0 Å². The lowest BCUT2D eigenvalue weighted by Crippen LogP contribution is -3.00. The van der Waals surface area contributed by atoms with Crippen LogP contribution < -0.4 is 23.3 Å². The number of carbonyl (C=O) groups excluding carboxylic acids is 2. The Morgan fingerprint density at radius 3 is 1.77 bits per heavy atom. The van der Waals surface area contributed by atoms with Crippen LogP contribution >= 0.6 is 0 Å². The van der Waals surface area contributed by atoms with Gasteiger partial charge >= 0.3 is 0 Å². The Bertz CT molecular complexity index is 682. The lowest BCUT2D eigenvalue weighted by molar-refractivity contribution is -0.192. The highest BCUT2D eigenvalue weighted by Crippen LogP contribution is 2.73. The first kappa shape index (κ1) is 19.2. The highest BCUT2D eigenvalue weighted by Gasteiger charge is 2.66. The Morgan fingerprint density at radius 1 is 0.846 bits per heavy atom. The van der Waals surface area contributed by atoms with Gasteiger partial charge in [-0.3, -0.25) is 25.4 Å². The maximum absolute atomic E-state index is 13.1. The van der Waals surface area contributed by atoms with Crippen molar-refractivity contribution in [3.8, 4) is 0 Å². The van der Waals surface area contributed by atoms with Crippen LogP contribution in [0.4, 0.5) is 0 Å². The SMILES string of the molecule is CC12CC3(C)CC(C)(C1)CC(C(=O)NNC(=O)c1ccncc1)(C2)C3.[Cl-]. The standard InChI is InChI=1S/C20H27N3O2.ClH/c1-17-8-18(2)10-19(3,9-17)13-20(11-17,12-18)16(25)23-22-15(24)14-4-6-21-7-5-14;/h4-7H,8-13H2,1-3H3,(H,22,24)(H,23,25);1H/p-1. The molecule has 4 saturated carbocycles. The Hall–Kier alpha value is -1.62. The number of amides is 2. The van der Waals surface area contributed by atoms with Crippen molar-refractivity contribution in [2.24, 2.45) is 21.7 Å². The van der Waals surface area contributed by atoms with Gasteiger partial charge in [-0.2, -0.15) is 0 Å². The van der Waals surface area contributed by atoms with E-state index < -0.39 is 0 Å². The molecular formula is C20H27ClN3O2-. The van der Waals surface area contributed by atoms with E-state index in [0.717, 1.165) is 19.3 Å². The molecule has 0 aliphatic heterocycles. The summed E-state index contributed by atoms with van der Waals surface area (Å²) < 4.78 is 0.